The Morgan fingerprint density at radius 1 is 1.50 bits per heavy atom. The van der Waals surface area contributed by atoms with Crippen molar-refractivity contribution < 1.29 is 4.79 Å². The fraction of sp³-hybridized carbons (Fsp3) is 0.833. The van der Waals surface area contributed by atoms with Crippen LogP contribution in [0.25, 0.3) is 0 Å². The van der Waals surface area contributed by atoms with E-state index in [4.69, 9.17) is 5.73 Å². The van der Waals surface area contributed by atoms with Crippen LogP contribution in [-0.4, -0.2) is 30.2 Å². The van der Waals surface area contributed by atoms with Crippen molar-refractivity contribution in [2.24, 2.45) is 16.1 Å². The summed E-state index contributed by atoms with van der Waals surface area (Å²) in [6.07, 6.45) is 3.98. The quantitative estimate of drug-likeness (QED) is 0.293. The van der Waals surface area contributed by atoms with E-state index < -0.39 is 0 Å². The van der Waals surface area contributed by atoms with Crippen molar-refractivity contribution in [3.05, 3.63) is 0 Å². The lowest BCUT2D eigenvalue weighted by atomic mass is 10.00. The van der Waals surface area contributed by atoms with Crippen LogP contribution in [0.3, 0.4) is 0 Å². The minimum Gasteiger partial charge on any atom is -0.387 e. The third-order valence-corrected chi connectivity index (χ3v) is 3.58. The second-order valence-corrected chi connectivity index (χ2v) is 5.74. The third kappa shape index (κ3) is 8.77. The van der Waals surface area contributed by atoms with Gasteiger partial charge in [0.15, 0.2) is 0 Å². The van der Waals surface area contributed by atoms with E-state index in [1.54, 1.807) is 0 Å². The highest BCUT2D eigenvalue weighted by molar-refractivity contribution is 7.99. The number of hydrogen-bond acceptors (Lipinski definition) is 3. The van der Waals surface area contributed by atoms with E-state index in [9.17, 15) is 4.79 Å². The SMILES string of the molecule is CCCN=C(N)CCCSCC(C)(C)C=O. The van der Waals surface area contributed by atoms with Gasteiger partial charge in [0.05, 0.1) is 5.84 Å². The lowest BCUT2D eigenvalue weighted by Crippen LogP contribution is -2.17. The molecule has 0 atom stereocenters. The van der Waals surface area contributed by atoms with Crippen LogP contribution in [0.4, 0.5) is 0 Å². The zero-order chi connectivity index (χ0) is 12.4. The molecule has 0 saturated heterocycles. The summed E-state index contributed by atoms with van der Waals surface area (Å²) in [6.45, 7) is 6.85. The number of carbonyl (C=O) groups excluding carboxylic acids is 1. The van der Waals surface area contributed by atoms with Gasteiger partial charge in [0, 0.05) is 24.1 Å². The Labute approximate surface area is 103 Å². The Bertz CT molecular complexity index is 227. The molecule has 0 radical (unpaired) electrons. The maximum Gasteiger partial charge on any atom is 0.126 e. The molecule has 4 heteroatoms. The minimum atomic E-state index is -0.202. The fourth-order valence-electron chi connectivity index (χ4n) is 1.06. The number of carbonyl (C=O) groups is 1. The molecule has 0 rings (SSSR count). The summed E-state index contributed by atoms with van der Waals surface area (Å²) >= 11 is 1.81. The van der Waals surface area contributed by atoms with Crippen LogP contribution in [0.1, 0.15) is 40.0 Å². The topological polar surface area (TPSA) is 55.4 Å². The fourth-order valence-corrected chi connectivity index (χ4v) is 2.15. The molecule has 0 aliphatic carbocycles. The van der Waals surface area contributed by atoms with Gasteiger partial charge in [-0.2, -0.15) is 11.8 Å². The van der Waals surface area contributed by atoms with Crippen LogP contribution >= 0.6 is 11.8 Å². The molecule has 0 spiro atoms. The number of thioether (sulfide) groups is 1. The first kappa shape index (κ1) is 15.5. The molecule has 0 bridgehead atoms. The Kier molecular flexibility index (Phi) is 8.35. The van der Waals surface area contributed by atoms with Gasteiger partial charge in [0.25, 0.3) is 0 Å². The zero-order valence-corrected chi connectivity index (χ0v) is 11.5. The standard InChI is InChI=1S/C12H24N2OS/c1-4-7-14-11(13)6-5-8-16-10-12(2,3)9-15/h9H,4-8,10H2,1-3H3,(H2,13,14). The molecule has 0 amide bonds. The Balaban J connectivity index is 3.50. The van der Waals surface area contributed by atoms with Crippen molar-refractivity contribution in [3.63, 3.8) is 0 Å². The lowest BCUT2D eigenvalue weighted by Gasteiger charge is -2.15. The molecule has 16 heavy (non-hydrogen) atoms. The average molecular weight is 244 g/mol. The highest BCUT2D eigenvalue weighted by Gasteiger charge is 2.15. The van der Waals surface area contributed by atoms with Crippen molar-refractivity contribution in [1.29, 1.82) is 0 Å². The first-order valence-electron chi connectivity index (χ1n) is 5.84. The summed E-state index contributed by atoms with van der Waals surface area (Å²) in [7, 11) is 0. The summed E-state index contributed by atoms with van der Waals surface area (Å²) < 4.78 is 0. The largest absolute Gasteiger partial charge is 0.387 e. The van der Waals surface area contributed by atoms with E-state index in [0.717, 1.165) is 49.4 Å². The number of amidine groups is 1. The van der Waals surface area contributed by atoms with Gasteiger partial charge in [-0.15, -0.1) is 0 Å². The van der Waals surface area contributed by atoms with Crippen LogP contribution in [-0.2, 0) is 4.79 Å². The molecule has 0 unspecified atom stereocenters. The van der Waals surface area contributed by atoms with Crippen molar-refractivity contribution in [2.45, 2.75) is 40.0 Å². The highest BCUT2D eigenvalue weighted by atomic mass is 32.2. The molecule has 0 fully saturated rings. The van der Waals surface area contributed by atoms with E-state index in [0.29, 0.717) is 0 Å². The molecular formula is C12H24N2OS. The average Bonchev–Trinajstić information content (AvgIpc) is 2.25. The molecule has 2 N–H and O–H groups in total. The van der Waals surface area contributed by atoms with Crippen molar-refractivity contribution in [3.8, 4) is 0 Å². The van der Waals surface area contributed by atoms with E-state index in [1.807, 2.05) is 25.6 Å². The zero-order valence-electron chi connectivity index (χ0n) is 10.7. The lowest BCUT2D eigenvalue weighted by molar-refractivity contribution is -0.113. The molecule has 0 aromatic carbocycles. The van der Waals surface area contributed by atoms with Crippen LogP contribution < -0.4 is 5.73 Å². The first-order valence-corrected chi connectivity index (χ1v) is 7.00. The molecule has 0 heterocycles. The number of nitrogens with two attached hydrogens (primary N) is 1. The number of nitrogens with zero attached hydrogens (tertiary/aromatic N) is 1. The number of aliphatic imine (C=N–C) groups is 1. The number of aldehydes is 1. The predicted molar refractivity (Wildman–Crippen MR) is 73.2 cm³/mol. The number of hydrogen-bond donors (Lipinski definition) is 1. The van der Waals surface area contributed by atoms with E-state index in [1.165, 1.54) is 0 Å². The van der Waals surface area contributed by atoms with Gasteiger partial charge in [-0.25, -0.2) is 0 Å². The van der Waals surface area contributed by atoms with Gasteiger partial charge < -0.3 is 10.5 Å². The highest BCUT2D eigenvalue weighted by Crippen LogP contribution is 2.19. The molecule has 94 valence electrons. The minimum absolute atomic E-state index is 0.202. The van der Waals surface area contributed by atoms with Gasteiger partial charge in [-0.05, 0) is 18.6 Å². The molecule has 0 aliphatic rings. The summed E-state index contributed by atoms with van der Waals surface area (Å²) in [5, 5.41) is 0. The second kappa shape index (κ2) is 8.62. The maximum absolute atomic E-state index is 10.7. The molecule has 0 aliphatic heterocycles. The van der Waals surface area contributed by atoms with E-state index in [-0.39, 0.29) is 5.41 Å². The van der Waals surface area contributed by atoms with E-state index >= 15 is 0 Å². The van der Waals surface area contributed by atoms with Gasteiger partial charge in [0.2, 0.25) is 0 Å². The summed E-state index contributed by atoms with van der Waals surface area (Å²) in [4.78, 5) is 14.9. The molecule has 0 aromatic heterocycles. The smallest absolute Gasteiger partial charge is 0.126 e. The van der Waals surface area contributed by atoms with E-state index in [2.05, 4.69) is 11.9 Å². The van der Waals surface area contributed by atoms with Crippen LogP contribution in [0.15, 0.2) is 4.99 Å². The van der Waals surface area contributed by atoms with Crippen LogP contribution in [0.2, 0.25) is 0 Å². The Hall–Kier alpha value is -0.510. The van der Waals surface area contributed by atoms with Gasteiger partial charge in [-0.3, -0.25) is 4.99 Å². The van der Waals surface area contributed by atoms with Crippen LogP contribution in [0, 0.1) is 5.41 Å². The van der Waals surface area contributed by atoms with Crippen LogP contribution in [0.5, 0.6) is 0 Å². The normalized spacial score (nSPS) is 12.8. The van der Waals surface area contributed by atoms with Crippen molar-refractivity contribution in [1.82, 2.24) is 0 Å². The summed E-state index contributed by atoms with van der Waals surface area (Å²) in [6, 6.07) is 0. The Morgan fingerprint density at radius 2 is 2.19 bits per heavy atom. The molecular weight excluding hydrogens is 220 g/mol. The molecule has 0 saturated carbocycles. The van der Waals surface area contributed by atoms with Crippen molar-refractivity contribution >= 4 is 23.9 Å². The Morgan fingerprint density at radius 3 is 2.75 bits per heavy atom. The second-order valence-electron chi connectivity index (χ2n) is 4.64. The van der Waals surface area contributed by atoms with Gasteiger partial charge in [0.1, 0.15) is 6.29 Å². The molecule has 0 aromatic rings. The molecule has 3 nitrogen and oxygen atoms in total. The monoisotopic (exact) mass is 244 g/mol. The number of rotatable bonds is 9. The summed E-state index contributed by atoms with van der Waals surface area (Å²) in [5.74, 6) is 2.68. The maximum atomic E-state index is 10.7. The predicted octanol–water partition coefficient (Wildman–Crippen LogP) is 2.49. The van der Waals surface area contributed by atoms with Gasteiger partial charge in [-0.1, -0.05) is 20.8 Å². The van der Waals surface area contributed by atoms with Gasteiger partial charge >= 0.3 is 0 Å². The third-order valence-electron chi connectivity index (χ3n) is 2.05. The summed E-state index contributed by atoms with van der Waals surface area (Å²) in [5.41, 5.74) is 5.54. The van der Waals surface area contributed by atoms with Crippen molar-refractivity contribution in [2.75, 3.05) is 18.1 Å². The first-order chi connectivity index (χ1) is 7.52.